The van der Waals surface area contributed by atoms with Crippen molar-refractivity contribution in [3.05, 3.63) is 17.0 Å². The molecule has 0 radical (unpaired) electrons. The summed E-state index contributed by atoms with van der Waals surface area (Å²) in [5.41, 5.74) is 1.96. The molecule has 1 aromatic heterocycles. The van der Waals surface area contributed by atoms with Gasteiger partial charge in [0.05, 0.1) is 30.7 Å². The van der Waals surface area contributed by atoms with Crippen LogP contribution >= 0.6 is 11.6 Å². The monoisotopic (exact) mass is 545 g/mol. The lowest BCUT2D eigenvalue weighted by Gasteiger charge is -2.43. The highest BCUT2D eigenvalue weighted by Crippen LogP contribution is 2.49. The molecule has 2 heterocycles. The van der Waals surface area contributed by atoms with E-state index in [0.717, 1.165) is 6.42 Å². The maximum atomic E-state index is 13.7. The Balaban J connectivity index is 1.78. The Bertz CT molecular complexity index is 948. The first kappa shape index (κ1) is 28.8. The second-order valence-corrected chi connectivity index (χ2v) is 19.4. The van der Waals surface area contributed by atoms with Crippen molar-refractivity contribution in [2.24, 2.45) is 0 Å². The Morgan fingerprint density at radius 2 is 1.80 bits per heavy atom. The first-order valence-electron chi connectivity index (χ1n) is 13.1. The lowest BCUT2D eigenvalue weighted by molar-refractivity contribution is 0.0985. The van der Waals surface area contributed by atoms with E-state index in [0.29, 0.717) is 73.8 Å². The molecule has 0 aromatic carbocycles. The lowest BCUT2D eigenvalue weighted by atomic mass is 9.81. The number of nitrogens with zero attached hydrogens (tertiary/aromatic N) is 3. The summed E-state index contributed by atoms with van der Waals surface area (Å²) in [4.78, 5) is 11.0. The molecule has 2 aliphatic rings. The molecule has 1 saturated heterocycles. The quantitative estimate of drug-likeness (QED) is 0.199. The molecule has 3 rings (SSSR count). The van der Waals surface area contributed by atoms with Crippen LogP contribution in [0.2, 0.25) is 21.9 Å². The van der Waals surface area contributed by atoms with Crippen molar-refractivity contribution in [2.75, 3.05) is 37.0 Å². The minimum Gasteiger partial charge on any atom is -0.416 e. The number of sulfone groups is 1. The van der Waals surface area contributed by atoms with Gasteiger partial charge in [-0.3, -0.25) is 0 Å². The predicted molar refractivity (Wildman–Crippen MR) is 146 cm³/mol. The van der Waals surface area contributed by atoms with Gasteiger partial charge in [0.1, 0.15) is 10.6 Å². The fraction of sp³-hybridized carbons (Fsp3) is 0.840. The Morgan fingerprint density at radius 1 is 1.17 bits per heavy atom. The van der Waals surface area contributed by atoms with Crippen LogP contribution in [0.1, 0.15) is 79.8 Å². The van der Waals surface area contributed by atoms with Crippen LogP contribution in [-0.4, -0.2) is 64.9 Å². The summed E-state index contributed by atoms with van der Waals surface area (Å²) in [7, 11) is -5.47. The molecule has 1 aliphatic carbocycles. The molecule has 2 fully saturated rings. The van der Waals surface area contributed by atoms with Gasteiger partial charge in [0.25, 0.3) is 0 Å². The third-order valence-corrected chi connectivity index (χ3v) is 17.1. The average Bonchev–Trinajstić information content (AvgIpc) is 2.71. The minimum absolute atomic E-state index is 0.0939. The average molecular weight is 546 g/mol. The second-order valence-electron chi connectivity index (χ2n) is 11.2. The van der Waals surface area contributed by atoms with Gasteiger partial charge in [-0.1, -0.05) is 41.5 Å². The zero-order valence-corrected chi connectivity index (χ0v) is 25.1. The van der Waals surface area contributed by atoms with E-state index in [2.05, 4.69) is 63.3 Å². The molecular weight excluding hydrogens is 502 g/mol. The van der Waals surface area contributed by atoms with Crippen LogP contribution in [-0.2, 0) is 23.7 Å². The van der Waals surface area contributed by atoms with Crippen LogP contribution in [0.5, 0.6) is 0 Å². The summed E-state index contributed by atoms with van der Waals surface area (Å²) >= 11 is 6.33. The van der Waals surface area contributed by atoms with Gasteiger partial charge in [-0.15, -0.1) is 0 Å². The molecule has 0 amide bonds. The van der Waals surface area contributed by atoms with Crippen molar-refractivity contribution in [2.45, 2.75) is 102 Å². The Morgan fingerprint density at radius 3 is 2.31 bits per heavy atom. The van der Waals surface area contributed by atoms with Crippen LogP contribution in [0, 0.1) is 0 Å². The summed E-state index contributed by atoms with van der Waals surface area (Å²) in [5, 5.41) is 0.0996. The van der Waals surface area contributed by atoms with E-state index in [1.54, 1.807) is 0 Å². The molecule has 1 saturated carbocycles. The molecule has 1 atom stereocenters. The first-order valence-corrected chi connectivity index (χ1v) is 17.3. The van der Waals surface area contributed by atoms with Crippen molar-refractivity contribution >= 4 is 35.6 Å². The third kappa shape index (κ3) is 5.59. The molecule has 7 nitrogen and oxygen atoms in total. The Hall–Kier alpha value is -0.743. The summed E-state index contributed by atoms with van der Waals surface area (Å²) in [5.74, 6) is 0.777. The highest BCUT2D eigenvalue weighted by molar-refractivity contribution is 7.92. The van der Waals surface area contributed by atoms with Crippen LogP contribution in [0.3, 0.4) is 0 Å². The van der Waals surface area contributed by atoms with Gasteiger partial charge in [-0.05, 0) is 60.8 Å². The summed E-state index contributed by atoms with van der Waals surface area (Å²) in [6, 6.07) is 1.98. The van der Waals surface area contributed by atoms with Gasteiger partial charge in [0.15, 0.2) is 18.2 Å². The van der Waals surface area contributed by atoms with E-state index >= 15 is 0 Å². The Labute approximate surface area is 218 Å². The minimum atomic E-state index is -3.45. The standard InChI is InChI=1S/C25H44ClN3O4SSi/c1-18(2)35(19(3)4,20(5)6)33-13-9-15-34(30,31)25(10-8-11-25)22-16-23(28-24(26)27-22)29-12-14-32-17-21(29)7/h16,18-21H,8-15,17H2,1-7H3/t21-/m0/s1. The molecular formula is C25H44ClN3O4SSi. The molecule has 35 heavy (non-hydrogen) atoms. The van der Waals surface area contributed by atoms with Gasteiger partial charge in [0, 0.05) is 19.2 Å². The number of anilines is 1. The smallest absolute Gasteiger partial charge is 0.224 e. The number of hydrogen-bond donors (Lipinski definition) is 0. The van der Waals surface area contributed by atoms with Crippen molar-refractivity contribution < 1.29 is 17.6 Å². The maximum absolute atomic E-state index is 13.7. The van der Waals surface area contributed by atoms with Crippen LogP contribution in [0.4, 0.5) is 5.82 Å². The van der Waals surface area contributed by atoms with Gasteiger partial charge >= 0.3 is 0 Å². The predicted octanol–water partition coefficient (Wildman–Crippen LogP) is 5.73. The molecule has 0 unspecified atom stereocenters. The SMILES string of the molecule is CC(C)[Si](OCCCS(=O)(=O)C1(c2cc(N3CCOC[C@@H]3C)nc(Cl)n2)CCC1)(C(C)C)C(C)C. The Kier molecular flexibility index (Phi) is 9.33. The molecule has 0 N–H and O–H groups in total. The van der Waals surface area contributed by atoms with Crippen molar-refractivity contribution in [3.8, 4) is 0 Å². The van der Waals surface area contributed by atoms with Crippen LogP contribution in [0.15, 0.2) is 6.07 Å². The number of ether oxygens (including phenoxy) is 1. The largest absolute Gasteiger partial charge is 0.416 e. The van der Waals surface area contributed by atoms with Crippen molar-refractivity contribution in [1.82, 2.24) is 9.97 Å². The van der Waals surface area contributed by atoms with Crippen LogP contribution < -0.4 is 4.90 Å². The van der Waals surface area contributed by atoms with E-state index < -0.39 is 22.9 Å². The van der Waals surface area contributed by atoms with Crippen molar-refractivity contribution in [1.29, 1.82) is 0 Å². The number of aromatic nitrogens is 2. The normalized spacial score (nSPS) is 21.1. The number of halogens is 1. The molecule has 10 heteroatoms. The van der Waals surface area contributed by atoms with E-state index in [4.69, 9.17) is 20.8 Å². The zero-order chi connectivity index (χ0) is 26.0. The zero-order valence-electron chi connectivity index (χ0n) is 22.5. The van der Waals surface area contributed by atoms with E-state index in [1.165, 1.54) is 0 Å². The lowest BCUT2D eigenvalue weighted by Crippen LogP contribution is -2.48. The number of hydrogen-bond acceptors (Lipinski definition) is 7. The molecule has 1 aromatic rings. The fourth-order valence-corrected chi connectivity index (χ4v) is 14.2. The maximum Gasteiger partial charge on any atom is 0.224 e. The van der Waals surface area contributed by atoms with Gasteiger partial charge < -0.3 is 14.1 Å². The topological polar surface area (TPSA) is 81.6 Å². The molecule has 200 valence electrons. The second kappa shape index (κ2) is 11.3. The third-order valence-electron chi connectivity index (χ3n) is 8.19. The van der Waals surface area contributed by atoms with Crippen LogP contribution in [0.25, 0.3) is 0 Å². The highest BCUT2D eigenvalue weighted by Gasteiger charge is 2.51. The summed E-state index contributed by atoms with van der Waals surface area (Å²) in [6.07, 6.45) is 2.51. The number of morpholine rings is 1. The molecule has 0 bridgehead atoms. The first-order chi connectivity index (χ1) is 16.4. The summed E-state index contributed by atoms with van der Waals surface area (Å²) < 4.78 is 38.7. The highest BCUT2D eigenvalue weighted by atomic mass is 35.5. The fourth-order valence-electron chi connectivity index (χ4n) is 6.27. The number of rotatable bonds is 11. The van der Waals surface area contributed by atoms with Crippen molar-refractivity contribution in [3.63, 3.8) is 0 Å². The van der Waals surface area contributed by atoms with Gasteiger partial charge in [0.2, 0.25) is 5.28 Å². The van der Waals surface area contributed by atoms with E-state index in [1.807, 2.05) is 6.07 Å². The summed E-state index contributed by atoms with van der Waals surface area (Å²) in [6.45, 7) is 17.9. The molecule has 0 spiro atoms. The van der Waals surface area contributed by atoms with Gasteiger partial charge in [-0.25, -0.2) is 18.4 Å². The van der Waals surface area contributed by atoms with E-state index in [-0.39, 0.29) is 17.1 Å². The van der Waals surface area contributed by atoms with Gasteiger partial charge in [-0.2, -0.15) is 0 Å². The van der Waals surface area contributed by atoms with E-state index in [9.17, 15) is 8.42 Å². The molecule has 1 aliphatic heterocycles.